The van der Waals surface area contributed by atoms with Crippen LogP contribution in [0.25, 0.3) is 0 Å². The number of hydrogen-bond donors (Lipinski definition) is 1. The highest BCUT2D eigenvalue weighted by Gasteiger charge is 2.02. The molecule has 1 rings (SSSR count). The summed E-state index contributed by atoms with van der Waals surface area (Å²) in [6, 6.07) is 2.99. The van der Waals surface area contributed by atoms with Crippen LogP contribution in [0.15, 0.2) is 18.3 Å². The van der Waals surface area contributed by atoms with Gasteiger partial charge in [0, 0.05) is 0 Å². The van der Waals surface area contributed by atoms with E-state index in [0.29, 0.717) is 12.4 Å². The number of nitrogens with zero attached hydrogens (tertiary/aromatic N) is 1. The van der Waals surface area contributed by atoms with E-state index < -0.39 is 5.97 Å². The second-order valence-corrected chi connectivity index (χ2v) is 2.12. The molecule has 1 N–H and O–H groups in total. The standard InChI is InChI=1S/C8H9NO3/c1-2-12-6-3-4-7(8(10)11)9-5-6/h3-5H,2H2,1H3,(H,10,11). The average molecular weight is 167 g/mol. The summed E-state index contributed by atoms with van der Waals surface area (Å²) in [6.45, 7) is 2.40. The summed E-state index contributed by atoms with van der Waals surface area (Å²) in [5.74, 6) is -0.444. The number of carboxylic acid groups (broad SMARTS) is 1. The Labute approximate surface area is 69.8 Å². The first-order chi connectivity index (χ1) is 5.74. The maximum Gasteiger partial charge on any atom is 0.354 e. The molecule has 12 heavy (non-hydrogen) atoms. The van der Waals surface area contributed by atoms with E-state index in [1.807, 2.05) is 6.92 Å². The molecule has 1 heterocycles. The van der Waals surface area contributed by atoms with E-state index in [1.54, 1.807) is 6.07 Å². The number of rotatable bonds is 3. The highest BCUT2D eigenvalue weighted by molar-refractivity contribution is 5.85. The molecule has 0 saturated carbocycles. The van der Waals surface area contributed by atoms with E-state index >= 15 is 0 Å². The van der Waals surface area contributed by atoms with Crippen molar-refractivity contribution in [3.63, 3.8) is 0 Å². The van der Waals surface area contributed by atoms with E-state index in [4.69, 9.17) is 9.84 Å². The largest absolute Gasteiger partial charge is 0.492 e. The molecule has 0 saturated heterocycles. The zero-order chi connectivity index (χ0) is 8.97. The SMILES string of the molecule is CCOc1ccc(C(=O)O)nc1. The van der Waals surface area contributed by atoms with Crippen molar-refractivity contribution in [3.05, 3.63) is 24.0 Å². The second kappa shape index (κ2) is 3.71. The van der Waals surface area contributed by atoms with Crippen molar-refractivity contribution in [2.75, 3.05) is 6.61 Å². The Balaban J connectivity index is 2.78. The molecule has 1 aromatic rings. The zero-order valence-electron chi connectivity index (χ0n) is 6.65. The summed E-state index contributed by atoms with van der Waals surface area (Å²) in [5.41, 5.74) is 0.0263. The van der Waals surface area contributed by atoms with Crippen molar-refractivity contribution in [2.45, 2.75) is 6.92 Å². The van der Waals surface area contributed by atoms with Gasteiger partial charge in [-0.05, 0) is 19.1 Å². The normalized spacial score (nSPS) is 9.42. The van der Waals surface area contributed by atoms with Gasteiger partial charge in [0.2, 0.25) is 0 Å². The Bertz CT molecular complexity index is 268. The third-order valence-corrected chi connectivity index (χ3v) is 1.27. The number of carboxylic acids is 1. The third-order valence-electron chi connectivity index (χ3n) is 1.27. The fraction of sp³-hybridized carbons (Fsp3) is 0.250. The molecule has 1 aromatic heterocycles. The fourth-order valence-corrected chi connectivity index (χ4v) is 0.759. The van der Waals surface area contributed by atoms with Crippen molar-refractivity contribution >= 4 is 5.97 Å². The summed E-state index contributed by atoms with van der Waals surface area (Å²) < 4.78 is 5.09. The molecule has 0 aliphatic carbocycles. The van der Waals surface area contributed by atoms with E-state index in [9.17, 15) is 4.79 Å². The molecule has 0 aliphatic heterocycles. The average Bonchev–Trinajstić information content (AvgIpc) is 2.06. The minimum Gasteiger partial charge on any atom is -0.492 e. The molecule has 0 fully saturated rings. The van der Waals surface area contributed by atoms with Crippen LogP contribution in [0.4, 0.5) is 0 Å². The number of aromatic nitrogens is 1. The summed E-state index contributed by atoms with van der Waals surface area (Å²) in [7, 11) is 0. The Morgan fingerprint density at radius 3 is 2.83 bits per heavy atom. The van der Waals surface area contributed by atoms with Crippen LogP contribution in [-0.2, 0) is 0 Å². The van der Waals surface area contributed by atoms with Crippen molar-refractivity contribution in [3.8, 4) is 5.75 Å². The van der Waals surface area contributed by atoms with E-state index in [0.717, 1.165) is 0 Å². The third kappa shape index (κ3) is 1.95. The zero-order valence-corrected chi connectivity index (χ0v) is 6.65. The molecule has 0 radical (unpaired) electrons. The van der Waals surface area contributed by atoms with Crippen LogP contribution < -0.4 is 4.74 Å². The van der Waals surface area contributed by atoms with E-state index in [1.165, 1.54) is 12.3 Å². The first-order valence-electron chi connectivity index (χ1n) is 3.56. The van der Waals surface area contributed by atoms with Gasteiger partial charge in [-0.25, -0.2) is 9.78 Å². The Kier molecular flexibility index (Phi) is 2.63. The molecule has 0 spiro atoms. The van der Waals surface area contributed by atoms with Gasteiger partial charge in [0.1, 0.15) is 11.4 Å². The molecule has 0 unspecified atom stereocenters. The van der Waals surface area contributed by atoms with Crippen molar-refractivity contribution in [1.29, 1.82) is 0 Å². The summed E-state index contributed by atoms with van der Waals surface area (Å²) >= 11 is 0. The van der Waals surface area contributed by atoms with Crippen LogP contribution in [0.5, 0.6) is 5.75 Å². The van der Waals surface area contributed by atoms with Crippen molar-refractivity contribution < 1.29 is 14.6 Å². The number of carbonyl (C=O) groups is 1. The van der Waals surface area contributed by atoms with Gasteiger partial charge in [0.25, 0.3) is 0 Å². The van der Waals surface area contributed by atoms with Gasteiger partial charge >= 0.3 is 5.97 Å². The maximum absolute atomic E-state index is 10.4. The molecular weight excluding hydrogens is 158 g/mol. The lowest BCUT2D eigenvalue weighted by Crippen LogP contribution is -2.00. The highest BCUT2D eigenvalue weighted by atomic mass is 16.5. The van der Waals surface area contributed by atoms with Crippen molar-refractivity contribution in [1.82, 2.24) is 4.98 Å². The minimum atomic E-state index is -1.03. The Hall–Kier alpha value is -1.58. The lowest BCUT2D eigenvalue weighted by atomic mass is 10.3. The molecule has 4 heteroatoms. The predicted molar refractivity (Wildman–Crippen MR) is 42.4 cm³/mol. The van der Waals surface area contributed by atoms with Gasteiger partial charge in [-0.1, -0.05) is 0 Å². The van der Waals surface area contributed by atoms with Gasteiger partial charge in [0.05, 0.1) is 12.8 Å². The van der Waals surface area contributed by atoms with Crippen LogP contribution in [0.2, 0.25) is 0 Å². The van der Waals surface area contributed by atoms with Gasteiger partial charge in [-0.2, -0.15) is 0 Å². The predicted octanol–water partition coefficient (Wildman–Crippen LogP) is 1.18. The quantitative estimate of drug-likeness (QED) is 0.734. The smallest absolute Gasteiger partial charge is 0.354 e. The van der Waals surface area contributed by atoms with Crippen LogP contribution in [0.3, 0.4) is 0 Å². The van der Waals surface area contributed by atoms with Gasteiger partial charge < -0.3 is 9.84 Å². The topological polar surface area (TPSA) is 59.4 Å². The monoisotopic (exact) mass is 167 g/mol. The van der Waals surface area contributed by atoms with Crippen molar-refractivity contribution in [2.24, 2.45) is 0 Å². The minimum absolute atomic E-state index is 0.0263. The maximum atomic E-state index is 10.4. The lowest BCUT2D eigenvalue weighted by Gasteiger charge is -2.00. The van der Waals surface area contributed by atoms with Gasteiger partial charge in [-0.15, -0.1) is 0 Å². The first kappa shape index (κ1) is 8.52. The summed E-state index contributed by atoms with van der Waals surface area (Å²) in [4.78, 5) is 14.0. The molecule has 0 aromatic carbocycles. The molecule has 4 nitrogen and oxygen atoms in total. The number of hydrogen-bond acceptors (Lipinski definition) is 3. The fourth-order valence-electron chi connectivity index (χ4n) is 0.759. The molecule has 0 aliphatic rings. The molecule has 64 valence electrons. The van der Waals surface area contributed by atoms with Crippen LogP contribution >= 0.6 is 0 Å². The molecule has 0 bridgehead atoms. The van der Waals surface area contributed by atoms with E-state index in [2.05, 4.69) is 4.98 Å². The molecule has 0 amide bonds. The Morgan fingerprint density at radius 1 is 1.67 bits per heavy atom. The molecular formula is C8H9NO3. The number of pyridine rings is 1. The van der Waals surface area contributed by atoms with Gasteiger partial charge in [-0.3, -0.25) is 0 Å². The first-order valence-corrected chi connectivity index (χ1v) is 3.56. The second-order valence-electron chi connectivity index (χ2n) is 2.12. The number of ether oxygens (including phenoxy) is 1. The summed E-state index contributed by atoms with van der Waals surface area (Å²) in [5, 5.41) is 8.50. The van der Waals surface area contributed by atoms with Crippen LogP contribution in [-0.4, -0.2) is 22.7 Å². The molecule has 0 atom stereocenters. The number of aromatic carboxylic acids is 1. The summed E-state index contributed by atoms with van der Waals surface area (Å²) in [6.07, 6.45) is 1.40. The highest BCUT2D eigenvalue weighted by Crippen LogP contribution is 2.08. The Morgan fingerprint density at radius 2 is 2.42 bits per heavy atom. The van der Waals surface area contributed by atoms with Crippen LogP contribution in [0.1, 0.15) is 17.4 Å². The van der Waals surface area contributed by atoms with E-state index in [-0.39, 0.29) is 5.69 Å². The van der Waals surface area contributed by atoms with Crippen LogP contribution in [0, 0.1) is 0 Å². The lowest BCUT2D eigenvalue weighted by molar-refractivity contribution is 0.0690. The van der Waals surface area contributed by atoms with Gasteiger partial charge in [0.15, 0.2) is 0 Å².